The lowest BCUT2D eigenvalue weighted by Crippen LogP contribution is -2.31. The molecule has 0 fully saturated rings. The second-order valence-electron chi connectivity index (χ2n) is 3.75. The van der Waals surface area contributed by atoms with Crippen LogP contribution in [0, 0.1) is 0 Å². The molecule has 98 valence electrons. The number of anilines is 2. The fraction of sp³-hybridized carbons (Fsp3) is 0. The first-order valence-electron chi connectivity index (χ1n) is 5.29. The molecule has 2 rings (SSSR count). The molecule has 19 heavy (non-hydrogen) atoms. The first-order chi connectivity index (χ1) is 8.99. The van der Waals surface area contributed by atoms with Gasteiger partial charge in [-0.15, -0.1) is 0 Å². The van der Waals surface area contributed by atoms with Gasteiger partial charge in [0.05, 0.1) is 16.4 Å². The van der Waals surface area contributed by atoms with Crippen molar-refractivity contribution in [3.8, 4) is 0 Å². The number of nitrogens with zero attached hydrogens (tertiary/aromatic N) is 1. The van der Waals surface area contributed by atoms with E-state index in [1.807, 2.05) is 0 Å². The van der Waals surface area contributed by atoms with Crippen LogP contribution < -0.4 is 10.6 Å². The van der Waals surface area contributed by atoms with Crippen molar-refractivity contribution >= 4 is 52.2 Å². The Balaban J connectivity index is 2.51. The average Bonchev–Trinajstić information content (AvgIpc) is 2.34. The number of primary amides is 1. The van der Waals surface area contributed by atoms with E-state index in [9.17, 15) is 4.79 Å². The Labute approximate surface area is 125 Å². The second kappa shape index (κ2) is 5.70. The Bertz CT molecular complexity index is 614. The van der Waals surface area contributed by atoms with Crippen molar-refractivity contribution in [2.75, 3.05) is 4.90 Å². The van der Waals surface area contributed by atoms with Crippen LogP contribution in [0.5, 0.6) is 0 Å². The third-order valence-electron chi connectivity index (χ3n) is 2.46. The Morgan fingerprint density at radius 1 is 0.947 bits per heavy atom. The van der Waals surface area contributed by atoms with E-state index in [1.54, 1.807) is 42.5 Å². The number of hydrogen-bond donors (Lipinski definition) is 1. The topological polar surface area (TPSA) is 46.3 Å². The summed E-state index contributed by atoms with van der Waals surface area (Å²) in [6.45, 7) is 0. The van der Waals surface area contributed by atoms with Crippen molar-refractivity contribution in [3.63, 3.8) is 0 Å². The highest BCUT2D eigenvalue weighted by atomic mass is 35.5. The maximum atomic E-state index is 11.6. The zero-order chi connectivity index (χ0) is 14.0. The van der Waals surface area contributed by atoms with E-state index in [2.05, 4.69) is 0 Å². The van der Waals surface area contributed by atoms with E-state index < -0.39 is 6.03 Å². The maximum Gasteiger partial charge on any atom is 0.323 e. The molecule has 6 heteroatoms. The molecule has 0 aromatic heterocycles. The number of benzene rings is 2. The van der Waals surface area contributed by atoms with Crippen molar-refractivity contribution in [3.05, 3.63) is 57.5 Å². The van der Waals surface area contributed by atoms with E-state index in [4.69, 9.17) is 40.5 Å². The normalized spacial score (nSPS) is 10.3. The molecule has 0 unspecified atom stereocenters. The predicted octanol–water partition coefficient (Wildman–Crippen LogP) is 4.86. The first kappa shape index (κ1) is 14.0. The van der Waals surface area contributed by atoms with Gasteiger partial charge in [-0.2, -0.15) is 0 Å². The molecule has 0 atom stereocenters. The molecule has 0 saturated carbocycles. The Hall–Kier alpha value is -1.42. The van der Waals surface area contributed by atoms with E-state index in [0.717, 1.165) is 0 Å². The highest BCUT2D eigenvalue weighted by Crippen LogP contribution is 2.34. The standard InChI is InChI=1S/C13H9Cl3N2O/c14-8-1-4-10(5-2-8)18(13(17)19)12-6-3-9(15)7-11(12)16/h1-7H,(H2,17,19). The van der Waals surface area contributed by atoms with Crippen LogP contribution in [0.4, 0.5) is 16.2 Å². The minimum absolute atomic E-state index is 0.334. The van der Waals surface area contributed by atoms with Crippen LogP contribution in [0.25, 0.3) is 0 Å². The van der Waals surface area contributed by atoms with Gasteiger partial charge in [0.25, 0.3) is 0 Å². The number of carbonyl (C=O) groups is 1. The number of urea groups is 1. The maximum absolute atomic E-state index is 11.6. The summed E-state index contributed by atoms with van der Waals surface area (Å²) in [7, 11) is 0. The van der Waals surface area contributed by atoms with Gasteiger partial charge >= 0.3 is 6.03 Å². The smallest absolute Gasteiger partial charge is 0.323 e. The number of nitrogens with two attached hydrogens (primary N) is 1. The summed E-state index contributed by atoms with van der Waals surface area (Å²) in [6, 6.07) is 10.8. The summed E-state index contributed by atoms with van der Waals surface area (Å²) in [5, 5.41) is 1.38. The fourth-order valence-corrected chi connectivity index (χ4v) is 2.26. The predicted molar refractivity (Wildman–Crippen MR) is 79.6 cm³/mol. The van der Waals surface area contributed by atoms with E-state index in [0.29, 0.717) is 26.4 Å². The summed E-state index contributed by atoms with van der Waals surface area (Å²) >= 11 is 17.7. The average molecular weight is 316 g/mol. The van der Waals surface area contributed by atoms with Gasteiger partial charge in [-0.1, -0.05) is 34.8 Å². The highest BCUT2D eigenvalue weighted by Gasteiger charge is 2.17. The van der Waals surface area contributed by atoms with Crippen LogP contribution in [-0.2, 0) is 0 Å². The molecule has 2 aromatic carbocycles. The third kappa shape index (κ3) is 3.13. The molecule has 2 amide bonds. The van der Waals surface area contributed by atoms with Crippen molar-refractivity contribution in [1.29, 1.82) is 0 Å². The molecule has 0 aliphatic rings. The summed E-state index contributed by atoms with van der Waals surface area (Å²) in [6.07, 6.45) is 0. The summed E-state index contributed by atoms with van der Waals surface area (Å²) in [5.41, 5.74) is 6.44. The van der Waals surface area contributed by atoms with Gasteiger partial charge in [0.15, 0.2) is 0 Å². The van der Waals surface area contributed by atoms with Crippen LogP contribution in [0.3, 0.4) is 0 Å². The lowest BCUT2D eigenvalue weighted by atomic mass is 10.2. The number of amides is 2. The molecule has 0 bridgehead atoms. The van der Waals surface area contributed by atoms with Gasteiger partial charge in [-0.25, -0.2) is 4.79 Å². The molecule has 2 aromatic rings. The zero-order valence-corrected chi connectivity index (χ0v) is 11.9. The molecular formula is C13H9Cl3N2O. The largest absolute Gasteiger partial charge is 0.351 e. The Morgan fingerprint density at radius 3 is 2.05 bits per heavy atom. The first-order valence-corrected chi connectivity index (χ1v) is 6.42. The quantitative estimate of drug-likeness (QED) is 0.845. The van der Waals surface area contributed by atoms with Gasteiger partial charge in [0.1, 0.15) is 0 Å². The van der Waals surface area contributed by atoms with E-state index in [1.165, 1.54) is 4.90 Å². The van der Waals surface area contributed by atoms with Crippen LogP contribution in [-0.4, -0.2) is 6.03 Å². The second-order valence-corrected chi connectivity index (χ2v) is 5.03. The molecule has 0 heterocycles. The monoisotopic (exact) mass is 314 g/mol. The third-order valence-corrected chi connectivity index (χ3v) is 3.25. The molecule has 3 nitrogen and oxygen atoms in total. The Kier molecular flexibility index (Phi) is 4.20. The number of rotatable bonds is 2. The molecule has 0 saturated heterocycles. The molecule has 0 spiro atoms. The van der Waals surface area contributed by atoms with Gasteiger partial charge in [-0.3, -0.25) is 4.90 Å². The molecule has 0 aliphatic heterocycles. The van der Waals surface area contributed by atoms with Crippen LogP contribution in [0.1, 0.15) is 0 Å². The minimum Gasteiger partial charge on any atom is -0.351 e. The van der Waals surface area contributed by atoms with Gasteiger partial charge in [0, 0.05) is 10.0 Å². The number of halogens is 3. The van der Waals surface area contributed by atoms with E-state index in [-0.39, 0.29) is 0 Å². The van der Waals surface area contributed by atoms with Gasteiger partial charge < -0.3 is 5.73 Å². The van der Waals surface area contributed by atoms with Crippen LogP contribution >= 0.6 is 34.8 Å². The van der Waals surface area contributed by atoms with E-state index >= 15 is 0 Å². The lowest BCUT2D eigenvalue weighted by molar-refractivity contribution is 0.256. The van der Waals surface area contributed by atoms with Crippen molar-refractivity contribution in [2.24, 2.45) is 5.73 Å². The zero-order valence-electron chi connectivity index (χ0n) is 9.61. The molecular weight excluding hydrogens is 307 g/mol. The molecule has 2 N–H and O–H groups in total. The summed E-state index contributed by atoms with van der Waals surface area (Å²) in [5.74, 6) is 0. The fourth-order valence-electron chi connectivity index (χ4n) is 1.64. The summed E-state index contributed by atoms with van der Waals surface area (Å²) in [4.78, 5) is 12.9. The number of carbonyl (C=O) groups excluding carboxylic acids is 1. The Morgan fingerprint density at radius 2 is 1.53 bits per heavy atom. The van der Waals surface area contributed by atoms with Crippen LogP contribution in [0.15, 0.2) is 42.5 Å². The van der Waals surface area contributed by atoms with Crippen molar-refractivity contribution in [1.82, 2.24) is 0 Å². The lowest BCUT2D eigenvalue weighted by Gasteiger charge is -2.21. The molecule has 0 aliphatic carbocycles. The van der Waals surface area contributed by atoms with Gasteiger partial charge in [0.2, 0.25) is 0 Å². The van der Waals surface area contributed by atoms with Crippen molar-refractivity contribution in [2.45, 2.75) is 0 Å². The van der Waals surface area contributed by atoms with Crippen LogP contribution in [0.2, 0.25) is 15.1 Å². The SMILES string of the molecule is NC(=O)N(c1ccc(Cl)cc1)c1ccc(Cl)cc1Cl. The number of hydrogen-bond acceptors (Lipinski definition) is 1. The van der Waals surface area contributed by atoms with Crippen molar-refractivity contribution < 1.29 is 4.79 Å². The summed E-state index contributed by atoms with van der Waals surface area (Å²) < 4.78 is 0. The minimum atomic E-state index is -0.647. The molecule has 0 radical (unpaired) electrons. The van der Waals surface area contributed by atoms with Gasteiger partial charge in [-0.05, 0) is 42.5 Å². The highest BCUT2D eigenvalue weighted by molar-refractivity contribution is 6.37.